The number of rotatable bonds is 3. The van der Waals surface area contributed by atoms with Crippen LogP contribution in [-0.4, -0.2) is 4.57 Å². The fourth-order valence-electron chi connectivity index (χ4n) is 2.16. The fourth-order valence-corrected chi connectivity index (χ4v) is 2.16. The van der Waals surface area contributed by atoms with Crippen LogP contribution in [0, 0.1) is 6.92 Å². The summed E-state index contributed by atoms with van der Waals surface area (Å²) in [6, 6.07) is 11.9. The second-order valence-corrected chi connectivity index (χ2v) is 5.09. The molecular formula is C16H20N2O. The number of benzene rings is 1. The first-order valence-electron chi connectivity index (χ1n) is 6.56. The van der Waals surface area contributed by atoms with E-state index in [1.807, 2.05) is 25.1 Å². The van der Waals surface area contributed by atoms with E-state index >= 15 is 0 Å². The molecule has 0 unspecified atom stereocenters. The van der Waals surface area contributed by atoms with Crippen LogP contribution >= 0.6 is 0 Å². The molecule has 2 rings (SSSR count). The molecule has 3 heteroatoms. The summed E-state index contributed by atoms with van der Waals surface area (Å²) >= 11 is 0. The summed E-state index contributed by atoms with van der Waals surface area (Å²) in [5.41, 5.74) is 9.28. The van der Waals surface area contributed by atoms with E-state index in [0.29, 0.717) is 11.5 Å². The minimum absolute atomic E-state index is 0.0280. The van der Waals surface area contributed by atoms with Crippen LogP contribution in [0.3, 0.4) is 0 Å². The first-order valence-corrected chi connectivity index (χ1v) is 6.56. The van der Waals surface area contributed by atoms with Gasteiger partial charge >= 0.3 is 0 Å². The summed E-state index contributed by atoms with van der Waals surface area (Å²) in [6.07, 6.45) is 0. The molecule has 0 aliphatic carbocycles. The predicted octanol–water partition coefficient (Wildman–Crippen LogP) is 2.73. The highest BCUT2D eigenvalue weighted by Crippen LogP contribution is 2.17. The Morgan fingerprint density at radius 3 is 2.26 bits per heavy atom. The quantitative estimate of drug-likeness (QED) is 0.918. The maximum Gasteiger partial charge on any atom is 0.259 e. The van der Waals surface area contributed by atoms with Gasteiger partial charge in [-0.1, -0.05) is 32.0 Å². The van der Waals surface area contributed by atoms with Gasteiger partial charge in [0.2, 0.25) is 0 Å². The zero-order chi connectivity index (χ0) is 14.0. The number of hydrogen-bond donors (Lipinski definition) is 1. The molecule has 0 amide bonds. The Bertz CT molecular complexity index is 624. The molecule has 1 aromatic carbocycles. The number of nitrogens with two attached hydrogens (primary N) is 1. The zero-order valence-corrected chi connectivity index (χ0v) is 11.7. The van der Waals surface area contributed by atoms with E-state index < -0.39 is 0 Å². The van der Waals surface area contributed by atoms with Crippen LogP contribution in [0.25, 0.3) is 5.69 Å². The van der Waals surface area contributed by atoms with E-state index in [2.05, 4.69) is 26.0 Å². The van der Waals surface area contributed by atoms with Gasteiger partial charge < -0.3 is 5.73 Å². The van der Waals surface area contributed by atoms with Crippen molar-refractivity contribution in [1.29, 1.82) is 0 Å². The van der Waals surface area contributed by atoms with Gasteiger partial charge in [-0.05, 0) is 36.6 Å². The summed E-state index contributed by atoms with van der Waals surface area (Å²) < 4.78 is 1.71. The predicted molar refractivity (Wildman–Crippen MR) is 78.8 cm³/mol. The van der Waals surface area contributed by atoms with E-state index in [0.717, 1.165) is 11.4 Å². The Balaban J connectivity index is 2.55. The average molecular weight is 256 g/mol. The Kier molecular flexibility index (Phi) is 3.86. The highest BCUT2D eigenvalue weighted by Gasteiger charge is 2.07. The lowest BCUT2D eigenvalue weighted by atomic mass is 10.0. The van der Waals surface area contributed by atoms with Crippen molar-refractivity contribution in [3.63, 3.8) is 0 Å². The van der Waals surface area contributed by atoms with E-state index in [-0.39, 0.29) is 12.1 Å². The van der Waals surface area contributed by atoms with Crippen LogP contribution in [0.4, 0.5) is 0 Å². The first-order chi connectivity index (χ1) is 9.04. The molecule has 0 fully saturated rings. The minimum Gasteiger partial charge on any atom is -0.326 e. The number of nitrogens with zero attached hydrogens (tertiary/aromatic N) is 1. The third kappa shape index (κ3) is 2.61. The van der Waals surface area contributed by atoms with Crippen molar-refractivity contribution < 1.29 is 0 Å². The van der Waals surface area contributed by atoms with E-state index in [9.17, 15) is 4.79 Å². The largest absolute Gasteiger partial charge is 0.326 e. The van der Waals surface area contributed by atoms with Crippen LogP contribution in [0.2, 0.25) is 0 Å². The number of hydrogen-bond acceptors (Lipinski definition) is 2. The van der Waals surface area contributed by atoms with Gasteiger partial charge in [0.15, 0.2) is 0 Å². The van der Waals surface area contributed by atoms with Gasteiger partial charge in [0.25, 0.3) is 5.56 Å². The normalized spacial score (nSPS) is 11.0. The van der Waals surface area contributed by atoms with Gasteiger partial charge in [0.05, 0.1) is 0 Å². The smallest absolute Gasteiger partial charge is 0.259 e. The molecular weight excluding hydrogens is 236 g/mol. The van der Waals surface area contributed by atoms with Crippen LogP contribution in [-0.2, 0) is 6.54 Å². The van der Waals surface area contributed by atoms with E-state index in [1.54, 1.807) is 10.6 Å². The van der Waals surface area contributed by atoms with Crippen molar-refractivity contribution in [2.45, 2.75) is 33.2 Å². The molecule has 2 N–H and O–H groups in total. The van der Waals surface area contributed by atoms with Crippen LogP contribution in [0.5, 0.6) is 0 Å². The number of aromatic nitrogens is 1. The molecule has 19 heavy (non-hydrogen) atoms. The lowest BCUT2D eigenvalue weighted by molar-refractivity contribution is 0.858. The van der Waals surface area contributed by atoms with Gasteiger partial charge in [0, 0.05) is 23.5 Å². The number of aryl methyl sites for hydroxylation is 1. The van der Waals surface area contributed by atoms with Gasteiger partial charge in [-0.3, -0.25) is 9.36 Å². The van der Waals surface area contributed by atoms with Gasteiger partial charge in [-0.25, -0.2) is 0 Å². The highest BCUT2D eigenvalue weighted by atomic mass is 16.1. The molecule has 0 atom stereocenters. The Hall–Kier alpha value is -1.87. The van der Waals surface area contributed by atoms with Crippen LogP contribution < -0.4 is 11.3 Å². The third-order valence-electron chi connectivity index (χ3n) is 3.39. The molecule has 0 aliphatic heterocycles. The molecule has 0 radical (unpaired) electrons. The minimum atomic E-state index is -0.0280. The topological polar surface area (TPSA) is 48.0 Å². The molecule has 0 bridgehead atoms. The Morgan fingerprint density at radius 1 is 1.11 bits per heavy atom. The van der Waals surface area contributed by atoms with Crippen LogP contribution in [0.15, 0.2) is 41.2 Å². The molecule has 0 aliphatic rings. The third-order valence-corrected chi connectivity index (χ3v) is 3.39. The molecule has 1 heterocycles. The Morgan fingerprint density at radius 2 is 1.74 bits per heavy atom. The molecule has 2 aromatic rings. The summed E-state index contributed by atoms with van der Waals surface area (Å²) in [5, 5.41) is 0. The SMILES string of the molecule is Cc1ccc(CN)c(=O)n1-c1ccc(C(C)C)cc1. The van der Waals surface area contributed by atoms with Crippen molar-refractivity contribution in [3.05, 3.63) is 63.6 Å². The summed E-state index contributed by atoms with van der Waals surface area (Å²) in [4.78, 5) is 12.3. The van der Waals surface area contributed by atoms with Crippen molar-refractivity contribution >= 4 is 0 Å². The molecule has 0 saturated heterocycles. The first kappa shape index (κ1) is 13.6. The fraction of sp³-hybridized carbons (Fsp3) is 0.312. The van der Waals surface area contributed by atoms with E-state index in [4.69, 9.17) is 5.73 Å². The Labute approximate surface area is 113 Å². The number of pyridine rings is 1. The molecule has 0 saturated carbocycles. The molecule has 0 spiro atoms. The van der Waals surface area contributed by atoms with Gasteiger partial charge in [0.1, 0.15) is 0 Å². The standard InChI is InChI=1S/C16H20N2O/c1-11(2)13-6-8-15(9-7-13)18-12(3)4-5-14(10-17)16(18)19/h4-9,11H,10,17H2,1-3H3. The van der Waals surface area contributed by atoms with Crippen molar-refractivity contribution in [1.82, 2.24) is 4.57 Å². The van der Waals surface area contributed by atoms with Crippen molar-refractivity contribution in [2.75, 3.05) is 0 Å². The second kappa shape index (κ2) is 5.41. The van der Waals surface area contributed by atoms with Crippen molar-refractivity contribution in [2.24, 2.45) is 5.73 Å². The lowest BCUT2D eigenvalue weighted by Crippen LogP contribution is -2.25. The summed E-state index contributed by atoms with van der Waals surface area (Å²) in [6.45, 7) is 6.50. The van der Waals surface area contributed by atoms with Gasteiger partial charge in [-0.15, -0.1) is 0 Å². The maximum absolute atomic E-state index is 12.3. The monoisotopic (exact) mass is 256 g/mol. The molecule has 1 aromatic heterocycles. The molecule has 3 nitrogen and oxygen atoms in total. The summed E-state index contributed by atoms with van der Waals surface area (Å²) in [5.74, 6) is 0.488. The summed E-state index contributed by atoms with van der Waals surface area (Å²) in [7, 11) is 0. The van der Waals surface area contributed by atoms with Gasteiger partial charge in [-0.2, -0.15) is 0 Å². The zero-order valence-electron chi connectivity index (χ0n) is 11.7. The second-order valence-electron chi connectivity index (χ2n) is 5.09. The lowest BCUT2D eigenvalue weighted by Gasteiger charge is -2.13. The average Bonchev–Trinajstić information content (AvgIpc) is 2.39. The van der Waals surface area contributed by atoms with Crippen LogP contribution in [0.1, 0.15) is 36.6 Å². The van der Waals surface area contributed by atoms with Crippen molar-refractivity contribution in [3.8, 4) is 5.69 Å². The highest BCUT2D eigenvalue weighted by molar-refractivity contribution is 5.38. The van der Waals surface area contributed by atoms with E-state index in [1.165, 1.54) is 5.56 Å². The molecule has 100 valence electrons. The maximum atomic E-state index is 12.3.